The van der Waals surface area contributed by atoms with Crippen LogP contribution in [0, 0.1) is 5.82 Å². The Morgan fingerprint density at radius 2 is 1.72 bits per heavy atom. The third kappa shape index (κ3) is 5.75. The van der Waals surface area contributed by atoms with E-state index in [2.05, 4.69) is 10.2 Å². The maximum atomic E-state index is 13.1. The third-order valence-electron chi connectivity index (χ3n) is 5.16. The summed E-state index contributed by atoms with van der Waals surface area (Å²) in [7, 11) is -3.73. The van der Waals surface area contributed by atoms with Crippen LogP contribution in [0.3, 0.4) is 0 Å². The number of primary sulfonamides is 1. The van der Waals surface area contributed by atoms with Crippen molar-refractivity contribution >= 4 is 21.6 Å². The molecule has 29 heavy (non-hydrogen) atoms. The summed E-state index contributed by atoms with van der Waals surface area (Å²) in [5.74, 6) is -0.304. The number of sulfonamides is 1. The first-order chi connectivity index (χ1) is 13.7. The maximum absolute atomic E-state index is 13.1. The van der Waals surface area contributed by atoms with Gasteiger partial charge in [0.15, 0.2) is 6.54 Å². The standard InChI is InChI=1S/C20H25FN4O3S/c1-15(16-2-8-19(9-3-16)29(22,27)28)23-20(26)14-24-10-12-25(13-11-24)18-6-4-17(21)5-7-18/h2-9,15H,10-14H2,1H3,(H,23,26)(H2,22,27,28)/p+1/t15-/m1/s1. The molecule has 0 saturated carbocycles. The second-order valence-electron chi connectivity index (χ2n) is 7.29. The number of hydrogen-bond acceptors (Lipinski definition) is 4. The lowest BCUT2D eigenvalue weighted by Gasteiger charge is -2.33. The molecule has 2 aromatic carbocycles. The molecule has 2 aromatic rings. The number of carbonyl (C=O) groups excluding carboxylic acids is 1. The zero-order chi connectivity index (χ0) is 21.0. The Labute approximate surface area is 170 Å². The fraction of sp³-hybridized carbons (Fsp3) is 0.350. The maximum Gasteiger partial charge on any atom is 0.275 e. The van der Waals surface area contributed by atoms with Crippen LogP contribution < -0.4 is 20.3 Å². The SMILES string of the molecule is C[C@@H](NC(=O)C[NH+]1CCN(c2ccc(F)cc2)CC1)c1ccc(S(N)(=O)=O)cc1. The number of rotatable bonds is 6. The van der Waals surface area contributed by atoms with Crippen LogP contribution in [0.25, 0.3) is 0 Å². The smallest absolute Gasteiger partial charge is 0.275 e. The summed E-state index contributed by atoms with van der Waals surface area (Å²) in [5, 5.41) is 8.06. The molecule has 1 saturated heterocycles. The van der Waals surface area contributed by atoms with Crippen molar-refractivity contribution in [2.45, 2.75) is 17.9 Å². The number of nitrogens with one attached hydrogen (secondary N) is 2. The molecule has 1 aliphatic rings. The van der Waals surface area contributed by atoms with Gasteiger partial charge in [0.05, 0.1) is 37.1 Å². The summed E-state index contributed by atoms with van der Waals surface area (Å²) >= 11 is 0. The van der Waals surface area contributed by atoms with E-state index in [1.54, 1.807) is 24.3 Å². The molecule has 0 unspecified atom stereocenters. The molecule has 3 rings (SSSR count). The Morgan fingerprint density at radius 1 is 1.14 bits per heavy atom. The van der Waals surface area contributed by atoms with Crippen LogP contribution >= 0.6 is 0 Å². The average molecular weight is 422 g/mol. The number of hydrogen-bond donors (Lipinski definition) is 3. The van der Waals surface area contributed by atoms with E-state index in [4.69, 9.17) is 5.14 Å². The quantitative estimate of drug-likeness (QED) is 0.614. The number of anilines is 1. The number of benzene rings is 2. The van der Waals surface area contributed by atoms with Crippen LogP contribution in [-0.2, 0) is 14.8 Å². The normalized spacial score (nSPS) is 16.4. The van der Waals surface area contributed by atoms with Crippen molar-refractivity contribution in [3.63, 3.8) is 0 Å². The number of carbonyl (C=O) groups is 1. The summed E-state index contributed by atoms with van der Waals surface area (Å²) in [4.78, 5) is 15.8. The third-order valence-corrected chi connectivity index (χ3v) is 6.09. The van der Waals surface area contributed by atoms with Gasteiger partial charge in [-0.05, 0) is 48.9 Å². The molecule has 0 aromatic heterocycles. The summed E-state index contributed by atoms with van der Waals surface area (Å²) in [6, 6.07) is 12.4. The molecule has 1 heterocycles. The highest BCUT2D eigenvalue weighted by Gasteiger charge is 2.23. The fourth-order valence-electron chi connectivity index (χ4n) is 3.46. The second kappa shape index (κ2) is 8.89. The summed E-state index contributed by atoms with van der Waals surface area (Å²) < 4.78 is 35.7. The van der Waals surface area contributed by atoms with Gasteiger partial charge in [0.25, 0.3) is 5.91 Å². The molecule has 4 N–H and O–H groups in total. The first kappa shape index (κ1) is 21.2. The predicted molar refractivity (Wildman–Crippen MR) is 109 cm³/mol. The minimum atomic E-state index is -3.73. The van der Waals surface area contributed by atoms with E-state index >= 15 is 0 Å². The highest BCUT2D eigenvalue weighted by Crippen LogP contribution is 2.16. The van der Waals surface area contributed by atoms with Crippen molar-refractivity contribution in [2.75, 3.05) is 37.6 Å². The minimum Gasteiger partial charge on any atom is -0.360 e. The van der Waals surface area contributed by atoms with Gasteiger partial charge in [-0.15, -0.1) is 0 Å². The Hall–Kier alpha value is -2.49. The lowest BCUT2D eigenvalue weighted by molar-refractivity contribution is -0.892. The molecule has 0 spiro atoms. The largest absolute Gasteiger partial charge is 0.360 e. The lowest BCUT2D eigenvalue weighted by Crippen LogP contribution is -3.15. The summed E-state index contributed by atoms with van der Waals surface area (Å²) in [6.45, 7) is 5.48. The van der Waals surface area contributed by atoms with Gasteiger partial charge in [-0.3, -0.25) is 4.79 Å². The molecular formula is C20H26FN4O3S+. The van der Waals surface area contributed by atoms with E-state index in [1.807, 2.05) is 6.92 Å². The van der Waals surface area contributed by atoms with Crippen LogP contribution in [0.4, 0.5) is 10.1 Å². The van der Waals surface area contributed by atoms with E-state index in [0.29, 0.717) is 6.54 Å². The van der Waals surface area contributed by atoms with E-state index in [0.717, 1.165) is 37.4 Å². The Bertz CT molecular complexity index is 941. The van der Waals surface area contributed by atoms with Gasteiger partial charge in [0, 0.05) is 5.69 Å². The zero-order valence-electron chi connectivity index (χ0n) is 16.3. The molecule has 7 nitrogen and oxygen atoms in total. The van der Waals surface area contributed by atoms with Gasteiger partial charge in [0.2, 0.25) is 10.0 Å². The molecule has 1 fully saturated rings. The Balaban J connectivity index is 1.48. The van der Waals surface area contributed by atoms with Crippen molar-refractivity contribution in [3.05, 3.63) is 59.9 Å². The highest BCUT2D eigenvalue weighted by atomic mass is 32.2. The average Bonchev–Trinajstić information content (AvgIpc) is 2.68. The molecule has 0 bridgehead atoms. The minimum absolute atomic E-state index is 0.0447. The molecule has 156 valence electrons. The van der Waals surface area contributed by atoms with Crippen molar-refractivity contribution in [1.82, 2.24) is 5.32 Å². The molecule has 1 amide bonds. The zero-order valence-corrected chi connectivity index (χ0v) is 17.1. The number of amides is 1. The number of piperazine rings is 1. The summed E-state index contributed by atoms with van der Waals surface area (Å²) in [5.41, 5.74) is 1.80. The first-order valence-electron chi connectivity index (χ1n) is 9.48. The number of nitrogens with zero attached hydrogens (tertiary/aromatic N) is 1. The molecular weight excluding hydrogens is 395 g/mol. The number of nitrogens with two attached hydrogens (primary N) is 1. The van der Waals surface area contributed by atoms with E-state index < -0.39 is 10.0 Å². The lowest BCUT2D eigenvalue weighted by atomic mass is 10.1. The Morgan fingerprint density at radius 3 is 2.28 bits per heavy atom. The molecule has 1 aliphatic heterocycles. The van der Waals surface area contributed by atoms with Crippen molar-refractivity contribution in [2.24, 2.45) is 5.14 Å². The first-order valence-corrected chi connectivity index (χ1v) is 11.0. The number of quaternary nitrogens is 1. The van der Waals surface area contributed by atoms with Crippen LogP contribution in [0.5, 0.6) is 0 Å². The van der Waals surface area contributed by atoms with Crippen LogP contribution in [0.15, 0.2) is 53.4 Å². The van der Waals surface area contributed by atoms with E-state index in [1.165, 1.54) is 29.2 Å². The predicted octanol–water partition coefficient (Wildman–Crippen LogP) is 0.0554. The summed E-state index contributed by atoms with van der Waals surface area (Å²) in [6.07, 6.45) is 0. The number of halogens is 1. The topological polar surface area (TPSA) is 96.9 Å². The van der Waals surface area contributed by atoms with Gasteiger partial charge in [-0.2, -0.15) is 0 Å². The monoisotopic (exact) mass is 421 g/mol. The Kier molecular flexibility index (Phi) is 6.51. The van der Waals surface area contributed by atoms with Gasteiger partial charge in [-0.1, -0.05) is 12.1 Å². The van der Waals surface area contributed by atoms with Crippen LogP contribution in [-0.4, -0.2) is 47.0 Å². The highest BCUT2D eigenvalue weighted by molar-refractivity contribution is 7.89. The second-order valence-corrected chi connectivity index (χ2v) is 8.85. The van der Waals surface area contributed by atoms with Crippen molar-refractivity contribution in [1.29, 1.82) is 0 Å². The van der Waals surface area contributed by atoms with Gasteiger partial charge >= 0.3 is 0 Å². The van der Waals surface area contributed by atoms with Gasteiger partial charge in [0.1, 0.15) is 5.82 Å². The molecule has 9 heteroatoms. The fourth-order valence-corrected chi connectivity index (χ4v) is 3.97. The van der Waals surface area contributed by atoms with Crippen LogP contribution in [0.1, 0.15) is 18.5 Å². The van der Waals surface area contributed by atoms with Gasteiger partial charge < -0.3 is 15.1 Å². The molecule has 1 atom stereocenters. The molecule has 0 radical (unpaired) electrons. The van der Waals surface area contributed by atoms with E-state index in [-0.39, 0.29) is 22.7 Å². The van der Waals surface area contributed by atoms with Crippen molar-refractivity contribution in [3.8, 4) is 0 Å². The molecule has 0 aliphatic carbocycles. The van der Waals surface area contributed by atoms with Crippen LogP contribution in [0.2, 0.25) is 0 Å². The van der Waals surface area contributed by atoms with Crippen molar-refractivity contribution < 1.29 is 22.5 Å². The van der Waals surface area contributed by atoms with Gasteiger partial charge in [-0.25, -0.2) is 17.9 Å². The van der Waals surface area contributed by atoms with E-state index in [9.17, 15) is 17.6 Å².